The zero-order valence-corrected chi connectivity index (χ0v) is 14.9. The lowest BCUT2D eigenvalue weighted by Crippen LogP contribution is -2.40. The molecule has 1 N–H and O–H groups in total. The van der Waals surface area contributed by atoms with Gasteiger partial charge in [0.05, 0.1) is 0 Å². The largest absolute Gasteiger partial charge is 0.451 e. The van der Waals surface area contributed by atoms with Gasteiger partial charge >= 0.3 is 5.97 Å². The van der Waals surface area contributed by atoms with E-state index in [1.54, 1.807) is 31.2 Å². The second kappa shape index (κ2) is 7.08. The van der Waals surface area contributed by atoms with Gasteiger partial charge in [-0.2, -0.15) is 0 Å². The third-order valence-corrected chi connectivity index (χ3v) is 4.75. The van der Waals surface area contributed by atoms with Crippen molar-refractivity contribution >= 4 is 11.9 Å². The highest BCUT2D eigenvalue weighted by molar-refractivity contribution is 5.96. The summed E-state index contributed by atoms with van der Waals surface area (Å²) in [7, 11) is 0. The molecular weight excluding hydrogens is 338 g/mol. The number of esters is 1. The van der Waals surface area contributed by atoms with Crippen LogP contribution < -0.4 is 5.32 Å². The zero-order valence-electron chi connectivity index (χ0n) is 14.9. The van der Waals surface area contributed by atoms with Crippen LogP contribution in [0.3, 0.4) is 0 Å². The highest BCUT2D eigenvalue weighted by Gasteiger charge is 2.32. The Morgan fingerprint density at radius 1 is 0.815 bits per heavy atom. The van der Waals surface area contributed by atoms with Crippen molar-refractivity contribution in [1.29, 1.82) is 0 Å². The number of rotatable bonds is 4. The SMILES string of the molecule is C[C@H](NC(=O)c1ccccc1)C(=O)OC1c2ccccc2-c2ccccc21. The van der Waals surface area contributed by atoms with E-state index in [0.29, 0.717) is 5.56 Å². The lowest BCUT2D eigenvalue weighted by Gasteiger charge is -2.19. The van der Waals surface area contributed by atoms with Crippen molar-refractivity contribution in [3.05, 3.63) is 95.6 Å². The Hall–Kier alpha value is -3.40. The van der Waals surface area contributed by atoms with E-state index in [4.69, 9.17) is 4.74 Å². The minimum Gasteiger partial charge on any atom is -0.451 e. The summed E-state index contributed by atoms with van der Waals surface area (Å²) in [5, 5.41) is 2.70. The summed E-state index contributed by atoms with van der Waals surface area (Å²) in [5.41, 5.74) is 4.59. The Kier molecular flexibility index (Phi) is 4.47. The van der Waals surface area contributed by atoms with Crippen molar-refractivity contribution in [2.24, 2.45) is 0 Å². The average Bonchev–Trinajstić information content (AvgIpc) is 3.03. The third-order valence-electron chi connectivity index (χ3n) is 4.75. The molecular formula is C23H19NO3. The maximum atomic E-state index is 12.6. The molecule has 4 rings (SSSR count). The van der Waals surface area contributed by atoms with Crippen LogP contribution in [0.15, 0.2) is 78.9 Å². The Morgan fingerprint density at radius 3 is 1.93 bits per heavy atom. The standard InChI is InChI=1S/C23H19NO3/c1-15(24-22(25)16-9-3-2-4-10-16)23(26)27-21-19-13-7-5-11-17(19)18-12-6-8-14-20(18)21/h2-15,21H,1H3,(H,24,25)/t15-/m0/s1. The van der Waals surface area contributed by atoms with Crippen molar-refractivity contribution in [3.8, 4) is 11.1 Å². The molecule has 0 bridgehead atoms. The summed E-state index contributed by atoms with van der Waals surface area (Å²) in [6, 6.07) is 23.9. The number of hydrogen-bond donors (Lipinski definition) is 1. The number of hydrogen-bond acceptors (Lipinski definition) is 3. The van der Waals surface area contributed by atoms with Gasteiger partial charge < -0.3 is 10.1 Å². The van der Waals surface area contributed by atoms with Crippen molar-refractivity contribution in [2.75, 3.05) is 0 Å². The summed E-state index contributed by atoms with van der Waals surface area (Å²) in [6.45, 7) is 1.63. The van der Waals surface area contributed by atoms with Crippen molar-refractivity contribution in [1.82, 2.24) is 5.32 Å². The predicted octanol–water partition coefficient (Wildman–Crippen LogP) is 4.12. The van der Waals surface area contributed by atoms with E-state index in [2.05, 4.69) is 5.32 Å². The highest BCUT2D eigenvalue weighted by Crippen LogP contribution is 2.45. The van der Waals surface area contributed by atoms with Crippen LogP contribution in [0.25, 0.3) is 11.1 Å². The molecule has 4 nitrogen and oxygen atoms in total. The number of ether oxygens (including phenoxy) is 1. The molecule has 0 unspecified atom stereocenters. The van der Waals surface area contributed by atoms with Crippen LogP contribution in [0, 0.1) is 0 Å². The number of amides is 1. The van der Waals surface area contributed by atoms with Gasteiger partial charge in [0.25, 0.3) is 5.91 Å². The van der Waals surface area contributed by atoms with Crippen molar-refractivity contribution in [2.45, 2.75) is 19.1 Å². The Bertz CT molecular complexity index is 952. The van der Waals surface area contributed by atoms with Gasteiger partial charge in [-0.1, -0.05) is 66.7 Å². The zero-order chi connectivity index (χ0) is 18.8. The Balaban J connectivity index is 1.52. The fraction of sp³-hybridized carbons (Fsp3) is 0.130. The van der Waals surface area contributed by atoms with E-state index in [9.17, 15) is 9.59 Å². The van der Waals surface area contributed by atoms with Crippen LogP contribution in [0.5, 0.6) is 0 Å². The molecule has 3 aromatic rings. The van der Waals surface area contributed by atoms with Crippen LogP contribution in [0.1, 0.15) is 34.5 Å². The van der Waals surface area contributed by atoms with Crippen LogP contribution in [-0.4, -0.2) is 17.9 Å². The Morgan fingerprint density at radius 2 is 1.33 bits per heavy atom. The minimum absolute atomic E-state index is 0.299. The summed E-state index contributed by atoms with van der Waals surface area (Å²) in [6.07, 6.45) is -0.457. The quantitative estimate of drug-likeness (QED) is 0.715. The molecule has 27 heavy (non-hydrogen) atoms. The van der Waals surface area contributed by atoms with Gasteiger partial charge in [-0.05, 0) is 30.2 Å². The molecule has 1 aliphatic carbocycles. The maximum Gasteiger partial charge on any atom is 0.329 e. The smallest absolute Gasteiger partial charge is 0.329 e. The first-order chi connectivity index (χ1) is 13.1. The first-order valence-corrected chi connectivity index (χ1v) is 8.90. The number of benzene rings is 3. The van der Waals surface area contributed by atoms with E-state index in [0.717, 1.165) is 22.3 Å². The van der Waals surface area contributed by atoms with E-state index in [1.165, 1.54) is 0 Å². The number of carbonyl (C=O) groups excluding carboxylic acids is 2. The van der Waals surface area contributed by atoms with Crippen LogP contribution in [0.4, 0.5) is 0 Å². The highest BCUT2D eigenvalue weighted by atomic mass is 16.5. The maximum absolute atomic E-state index is 12.6. The first-order valence-electron chi connectivity index (χ1n) is 8.90. The Labute approximate surface area is 157 Å². The van der Waals surface area contributed by atoms with Gasteiger partial charge in [0, 0.05) is 16.7 Å². The molecule has 0 spiro atoms. The fourth-order valence-corrected chi connectivity index (χ4v) is 3.38. The van der Waals surface area contributed by atoms with Gasteiger partial charge in [-0.15, -0.1) is 0 Å². The second-order valence-electron chi connectivity index (χ2n) is 6.55. The molecule has 4 heteroatoms. The molecule has 0 aromatic heterocycles. The molecule has 1 amide bonds. The van der Waals surface area contributed by atoms with Crippen LogP contribution >= 0.6 is 0 Å². The summed E-state index contributed by atoms with van der Waals surface area (Å²) >= 11 is 0. The van der Waals surface area contributed by atoms with Crippen LogP contribution in [-0.2, 0) is 9.53 Å². The normalized spacial score (nSPS) is 13.4. The van der Waals surface area contributed by atoms with E-state index in [1.807, 2.05) is 54.6 Å². The van der Waals surface area contributed by atoms with Gasteiger partial charge in [0.1, 0.15) is 6.04 Å². The lowest BCUT2D eigenvalue weighted by atomic mass is 10.1. The molecule has 0 aliphatic heterocycles. The van der Waals surface area contributed by atoms with Gasteiger partial charge in [0.15, 0.2) is 6.10 Å². The summed E-state index contributed by atoms with van der Waals surface area (Å²) in [4.78, 5) is 24.9. The molecule has 1 atom stereocenters. The number of nitrogens with one attached hydrogen (secondary N) is 1. The van der Waals surface area contributed by atoms with Crippen molar-refractivity contribution in [3.63, 3.8) is 0 Å². The van der Waals surface area contributed by atoms with Gasteiger partial charge in [-0.25, -0.2) is 4.79 Å². The minimum atomic E-state index is -0.752. The summed E-state index contributed by atoms with van der Waals surface area (Å²) in [5.74, 6) is -0.761. The molecule has 1 aliphatic rings. The molecule has 0 saturated carbocycles. The average molecular weight is 357 g/mol. The van der Waals surface area contributed by atoms with Gasteiger partial charge in [0.2, 0.25) is 0 Å². The molecule has 0 radical (unpaired) electrons. The first kappa shape index (κ1) is 17.0. The molecule has 0 saturated heterocycles. The third kappa shape index (κ3) is 3.22. The number of fused-ring (bicyclic) bond motifs is 3. The second-order valence-corrected chi connectivity index (χ2v) is 6.55. The van der Waals surface area contributed by atoms with Gasteiger partial charge in [-0.3, -0.25) is 4.79 Å². The fourth-order valence-electron chi connectivity index (χ4n) is 3.38. The van der Waals surface area contributed by atoms with Crippen molar-refractivity contribution < 1.29 is 14.3 Å². The monoisotopic (exact) mass is 357 g/mol. The lowest BCUT2D eigenvalue weighted by molar-refractivity contribution is -0.149. The number of carbonyl (C=O) groups is 2. The predicted molar refractivity (Wildman–Crippen MR) is 103 cm³/mol. The topological polar surface area (TPSA) is 55.4 Å². The molecule has 3 aromatic carbocycles. The molecule has 0 fully saturated rings. The van der Waals surface area contributed by atoms with E-state index >= 15 is 0 Å². The van der Waals surface area contributed by atoms with E-state index < -0.39 is 18.1 Å². The van der Waals surface area contributed by atoms with E-state index in [-0.39, 0.29) is 5.91 Å². The molecule has 0 heterocycles. The van der Waals surface area contributed by atoms with Crippen LogP contribution in [0.2, 0.25) is 0 Å². The molecule has 134 valence electrons. The summed E-state index contributed by atoms with van der Waals surface area (Å²) < 4.78 is 5.81.